The number of hydrogen-bond donors (Lipinski definition) is 1. The lowest BCUT2D eigenvalue weighted by molar-refractivity contribution is -0.0395. The van der Waals surface area contributed by atoms with Crippen molar-refractivity contribution in [2.75, 3.05) is 6.54 Å². The van der Waals surface area contributed by atoms with E-state index in [9.17, 15) is 8.78 Å². The molecule has 1 aliphatic rings. The highest BCUT2D eigenvalue weighted by Crippen LogP contribution is 2.40. The molecule has 1 fully saturated rings. The van der Waals surface area contributed by atoms with Gasteiger partial charge in [-0.1, -0.05) is 0 Å². The van der Waals surface area contributed by atoms with Gasteiger partial charge in [-0.05, 0) is 33.6 Å². The maximum atomic E-state index is 13.1. The van der Waals surface area contributed by atoms with Gasteiger partial charge in [0, 0.05) is 37.3 Å². The number of alkyl halides is 2. The van der Waals surface area contributed by atoms with Crippen LogP contribution in [0.3, 0.4) is 0 Å². The van der Waals surface area contributed by atoms with Crippen molar-refractivity contribution in [2.45, 2.75) is 70.3 Å². The van der Waals surface area contributed by atoms with Crippen LogP contribution in [0.4, 0.5) is 8.78 Å². The van der Waals surface area contributed by atoms with Gasteiger partial charge < -0.3 is 9.73 Å². The first kappa shape index (κ1) is 15.4. The molecule has 1 heterocycles. The Morgan fingerprint density at radius 3 is 2.60 bits per heavy atom. The summed E-state index contributed by atoms with van der Waals surface area (Å²) in [5.74, 6) is -0.928. The zero-order valence-electron chi connectivity index (χ0n) is 12.5. The van der Waals surface area contributed by atoms with Crippen molar-refractivity contribution in [3.8, 4) is 0 Å². The number of nitrogens with zero attached hydrogens (tertiary/aromatic N) is 1. The van der Waals surface area contributed by atoms with Gasteiger partial charge in [0.2, 0.25) is 5.92 Å². The minimum Gasteiger partial charge on any atom is -0.445 e. The van der Waals surface area contributed by atoms with Gasteiger partial charge in [0.1, 0.15) is 5.76 Å². The van der Waals surface area contributed by atoms with E-state index in [1.54, 1.807) is 6.20 Å². The van der Waals surface area contributed by atoms with Crippen molar-refractivity contribution >= 4 is 0 Å². The number of hydrogen-bond acceptors (Lipinski definition) is 3. The average molecular weight is 286 g/mol. The quantitative estimate of drug-likeness (QED) is 0.912. The van der Waals surface area contributed by atoms with E-state index in [-0.39, 0.29) is 24.3 Å². The van der Waals surface area contributed by atoms with E-state index >= 15 is 0 Å². The first-order valence-corrected chi connectivity index (χ1v) is 7.33. The summed E-state index contributed by atoms with van der Waals surface area (Å²) in [5.41, 5.74) is 0.0738. The van der Waals surface area contributed by atoms with Crippen LogP contribution >= 0.6 is 0 Å². The molecule has 2 rings (SSSR count). The first-order chi connectivity index (χ1) is 9.25. The molecule has 5 heteroatoms. The molecule has 0 aliphatic heterocycles. The van der Waals surface area contributed by atoms with E-state index in [0.29, 0.717) is 18.7 Å². The summed E-state index contributed by atoms with van der Waals surface area (Å²) >= 11 is 0. The second kappa shape index (κ2) is 5.80. The first-order valence-electron chi connectivity index (χ1n) is 7.33. The van der Waals surface area contributed by atoms with Crippen molar-refractivity contribution < 1.29 is 13.2 Å². The summed E-state index contributed by atoms with van der Waals surface area (Å²) < 4.78 is 32.0. The Morgan fingerprint density at radius 1 is 1.35 bits per heavy atom. The maximum absolute atomic E-state index is 13.1. The van der Waals surface area contributed by atoms with E-state index in [1.165, 1.54) is 0 Å². The Bertz CT molecular complexity index is 427. The number of oxazole rings is 1. The molecule has 0 radical (unpaired) electrons. The topological polar surface area (TPSA) is 38.1 Å². The van der Waals surface area contributed by atoms with Gasteiger partial charge in [0.05, 0.1) is 6.20 Å². The summed E-state index contributed by atoms with van der Waals surface area (Å²) in [7, 11) is 0. The summed E-state index contributed by atoms with van der Waals surface area (Å²) in [6.45, 7) is 7.12. The lowest BCUT2D eigenvalue weighted by Crippen LogP contribution is -2.37. The molecule has 1 saturated carbocycles. The zero-order chi connectivity index (χ0) is 14.8. The van der Waals surface area contributed by atoms with Crippen LogP contribution in [0.5, 0.6) is 0 Å². The third kappa shape index (κ3) is 4.54. The van der Waals surface area contributed by atoms with Gasteiger partial charge >= 0.3 is 0 Å². The lowest BCUT2D eigenvalue weighted by Gasteiger charge is -2.26. The van der Waals surface area contributed by atoms with Crippen LogP contribution in [0, 0.1) is 0 Å². The Labute approximate surface area is 119 Å². The van der Waals surface area contributed by atoms with Crippen molar-refractivity contribution in [2.24, 2.45) is 0 Å². The molecule has 0 bridgehead atoms. The van der Waals surface area contributed by atoms with E-state index in [1.807, 2.05) is 0 Å². The van der Waals surface area contributed by atoms with E-state index in [2.05, 4.69) is 31.1 Å². The SMILES string of the molecule is CC(C)(C)NCCc1ncc(C2CCC(F)(F)CC2)o1. The molecule has 0 spiro atoms. The molecule has 0 unspecified atom stereocenters. The standard InChI is InChI=1S/C15H24F2N2O/c1-14(2,3)19-9-6-13-18-10-12(20-13)11-4-7-15(16,17)8-5-11/h10-11,19H,4-9H2,1-3H3. The molecule has 1 N–H and O–H groups in total. The maximum Gasteiger partial charge on any atom is 0.248 e. The van der Waals surface area contributed by atoms with E-state index in [4.69, 9.17) is 4.42 Å². The highest BCUT2D eigenvalue weighted by atomic mass is 19.3. The zero-order valence-corrected chi connectivity index (χ0v) is 12.5. The minimum atomic E-state index is -2.49. The lowest BCUT2D eigenvalue weighted by atomic mass is 9.85. The van der Waals surface area contributed by atoms with Crippen LogP contribution in [0.2, 0.25) is 0 Å². The summed E-state index contributed by atoms with van der Waals surface area (Å²) in [4.78, 5) is 4.25. The smallest absolute Gasteiger partial charge is 0.248 e. The summed E-state index contributed by atoms with van der Waals surface area (Å²) in [6, 6.07) is 0. The van der Waals surface area contributed by atoms with Crippen LogP contribution < -0.4 is 5.32 Å². The molecular weight excluding hydrogens is 262 g/mol. The van der Waals surface area contributed by atoms with Crippen LogP contribution in [-0.4, -0.2) is 23.0 Å². The molecule has 114 valence electrons. The van der Waals surface area contributed by atoms with Gasteiger partial charge in [0.25, 0.3) is 0 Å². The second-order valence-electron chi connectivity index (χ2n) is 6.71. The van der Waals surface area contributed by atoms with Crippen molar-refractivity contribution in [3.63, 3.8) is 0 Å². The molecule has 1 aromatic heterocycles. The Morgan fingerprint density at radius 2 is 2.00 bits per heavy atom. The fourth-order valence-corrected chi connectivity index (χ4v) is 2.50. The van der Waals surface area contributed by atoms with Crippen molar-refractivity contribution in [1.29, 1.82) is 0 Å². The molecule has 1 aliphatic carbocycles. The van der Waals surface area contributed by atoms with Crippen LogP contribution in [0.15, 0.2) is 10.6 Å². The van der Waals surface area contributed by atoms with Crippen molar-refractivity contribution in [1.82, 2.24) is 10.3 Å². The van der Waals surface area contributed by atoms with Crippen LogP contribution in [0.25, 0.3) is 0 Å². The molecule has 3 nitrogen and oxygen atoms in total. The second-order valence-corrected chi connectivity index (χ2v) is 6.71. The molecule has 20 heavy (non-hydrogen) atoms. The normalized spacial score (nSPS) is 20.2. The third-order valence-corrected chi connectivity index (χ3v) is 3.69. The van der Waals surface area contributed by atoms with E-state index < -0.39 is 5.92 Å². The Kier molecular flexibility index (Phi) is 4.47. The van der Waals surface area contributed by atoms with Gasteiger partial charge in [-0.3, -0.25) is 0 Å². The fourth-order valence-electron chi connectivity index (χ4n) is 2.50. The number of aromatic nitrogens is 1. The average Bonchev–Trinajstić information content (AvgIpc) is 2.76. The number of halogens is 2. The van der Waals surface area contributed by atoms with Gasteiger partial charge in [-0.15, -0.1) is 0 Å². The van der Waals surface area contributed by atoms with Gasteiger partial charge in [-0.2, -0.15) is 0 Å². The Balaban J connectivity index is 1.83. The molecule has 1 aromatic rings. The number of nitrogens with one attached hydrogen (secondary N) is 1. The fraction of sp³-hybridized carbons (Fsp3) is 0.800. The highest BCUT2D eigenvalue weighted by molar-refractivity contribution is 5.04. The summed E-state index contributed by atoms with van der Waals surface area (Å²) in [6.07, 6.45) is 3.32. The van der Waals surface area contributed by atoms with Crippen LogP contribution in [-0.2, 0) is 6.42 Å². The molecule has 0 aromatic carbocycles. The third-order valence-electron chi connectivity index (χ3n) is 3.69. The molecular formula is C15H24F2N2O. The number of rotatable bonds is 4. The Hall–Kier alpha value is -0.970. The predicted octanol–water partition coefficient (Wildman–Crippen LogP) is 3.90. The summed E-state index contributed by atoms with van der Waals surface area (Å²) in [5, 5.41) is 3.37. The molecule has 0 saturated heterocycles. The largest absolute Gasteiger partial charge is 0.445 e. The van der Waals surface area contributed by atoms with Crippen molar-refractivity contribution in [3.05, 3.63) is 17.8 Å². The van der Waals surface area contributed by atoms with E-state index in [0.717, 1.165) is 18.7 Å². The highest BCUT2D eigenvalue weighted by Gasteiger charge is 2.36. The predicted molar refractivity (Wildman–Crippen MR) is 74.1 cm³/mol. The van der Waals surface area contributed by atoms with Gasteiger partial charge in [0.15, 0.2) is 5.89 Å². The minimum absolute atomic E-state index is 0.0424. The molecule has 0 amide bonds. The van der Waals surface area contributed by atoms with Gasteiger partial charge in [-0.25, -0.2) is 13.8 Å². The van der Waals surface area contributed by atoms with Crippen LogP contribution in [0.1, 0.15) is 64.0 Å². The monoisotopic (exact) mass is 286 g/mol. The molecule has 0 atom stereocenters.